The molecule has 0 saturated carbocycles. The zero-order valence-corrected chi connectivity index (χ0v) is 21.5. The average Bonchev–Trinajstić information content (AvgIpc) is 3.15. The number of sulfonamides is 1. The Balaban J connectivity index is 1.75. The zero-order valence-electron chi connectivity index (χ0n) is 18.4. The van der Waals surface area contributed by atoms with Crippen LogP contribution >= 0.6 is 27.5 Å². The fourth-order valence-corrected chi connectivity index (χ4v) is 5.47. The number of halogens is 5. The Labute approximate surface area is 221 Å². The van der Waals surface area contributed by atoms with Crippen LogP contribution in [0.3, 0.4) is 0 Å². The molecule has 1 heterocycles. The maximum Gasteiger partial charge on any atom is 0.416 e. The first kappa shape index (κ1) is 26.6. The number of alkyl halides is 3. The van der Waals surface area contributed by atoms with Crippen LogP contribution < -0.4 is 4.31 Å². The molecule has 0 radical (unpaired) electrons. The van der Waals surface area contributed by atoms with Crippen molar-refractivity contribution in [1.82, 2.24) is 4.98 Å². The highest BCUT2D eigenvalue weighted by Gasteiger charge is 2.34. The molecule has 0 spiro atoms. The summed E-state index contributed by atoms with van der Waals surface area (Å²) in [7, 11) is -4.56. The van der Waals surface area contributed by atoms with Gasteiger partial charge in [0.05, 0.1) is 26.7 Å². The van der Waals surface area contributed by atoms with Gasteiger partial charge in [-0.15, -0.1) is 10.2 Å². The smallest absolute Gasteiger partial charge is 0.416 e. The summed E-state index contributed by atoms with van der Waals surface area (Å²) in [6, 6.07) is 13.9. The van der Waals surface area contributed by atoms with Crippen LogP contribution in [-0.4, -0.2) is 31.0 Å². The number of carbonyl (C=O) groups excluding carboxylic acids is 1. The minimum atomic E-state index is -4.80. The number of nitrogens with one attached hydrogen (secondary N) is 1. The van der Waals surface area contributed by atoms with Crippen LogP contribution in [0.1, 0.15) is 5.56 Å². The lowest BCUT2D eigenvalue weighted by molar-refractivity contribution is -0.137. The van der Waals surface area contributed by atoms with Gasteiger partial charge in [-0.25, -0.2) is 8.42 Å². The Bertz CT molecular complexity index is 1630. The maximum atomic E-state index is 13.4. The molecular weight excluding hydrogens is 601 g/mol. The topological polar surface area (TPSA) is 115 Å². The fourth-order valence-electron chi connectivity index (χ4n) is 3.40. The van der Waals surface area contributed by atoms with E-state index in [-0.39, 0.29) is 21.5 Å². The van der Waals surface area contributed by atoms with Crippen LogP contribution in [0, 0.1) is 0 Å². The third kappa shape index (κ3) is 5.63. The molecule has 1 amide bonds. The predicted molar refractivity (Wildman–Crippen MR) is 135 cm³/mol. The van der Waals surface area contributed by atoms with Gasteiger partial charge in [-0.1, -0.05) is 45.7 Å². The highest BCUT2D eigenvalue weighted by molar-refractivity contribution is 9.10. The molecule has 1 aromatic heterocycles. The summed E-state index contributed by atoms with van der Waals surface area (Å²) in [4.78, 5) is 15.1. The normalized spacial score (nSPS) is 12.4. The highest BCUT2D eigenvalue weighted by atomic mass is 79.9. The van der Waals surface area contributed by atoms with Gasteiger partial charge < -0.3 is 10.1 Å². The lowest BCUT2D eigenvalue weighted by atomic mass is 10.2. The van der Waals surface area contributed by atoms with E-state index >= 15 is 0 Å². The van der Waals surface area contributed by atoms with Crippen molar-refractivity contribution in [1.29, 1.82) is 0 Å². The number of H-pyrrole nitrogens is 1. The summed E-state index contributed by atoms with van der Waals surface area (Å²) in [5.41, 5.74) is -1.32. The quantitative estimate of drug-likeness (QED) is 0.232. The van der Waals surface area contributed by atoms with E-state index in [2.05, 4.69) is 31.1 Å². The summed E-state index contributed by atoms with van der Waals surface area (Å²) in [6.07, 6.45) is -4.80. The van der Waals surface area contributed by atoms with Crippen LogP contribution in [0.4, 0.5) is 24.5 Å². The Kier molecular flexibility index (Phi) is 7.31. The first-order valence-corrected chi connectivity index (χ1v) is 12.9. The number of anilines is 1. The maximum absolute atomic E-state index is 13.4. The summed E-state index contributed by atoms with van der Waals surface area (Å²) < 4.78 is 68.0. The van der Waals surface area contributed by atoms with Crippen molar-refractivity contribution in [2.24, 2.45) is 10.2 Å². The molecule has 0 saturated heterocycles. The zero-order chi connectivity index (χ0) is 27.0. The Hall–Kier alpha value is -3.42. The largest absolute Gasteiger partial charge is 0.493 e. The van der Waals surface area contributed by atoms with Crippen molar-refractivity contribution in [3.8, 4) is 5.88 Å². The molecule has 8 nitrogen and oxygen atoms in total. The van der Waals surface area contributed by atoms with Crippen molar-refractivity contribution >= 4 is 65.7 Å². The van der Waals surface area contributed by atoms with Gasteiger partial charge in [-0.3, -0.25) is 9.10 Å². The first-order valence-electron chi connectivity index (χ1n) is 10.3. The second-order valence-electron chi connectivity index (χ2n) is 7.59. The number of amides is 1. The second kappa shape index (κ2) is 10.1. The van der Waals surface area contributed by atoms with Gasteiger partial charge in [0.2, 0.25) is 5.88 Å². The van der Waals surface area contributed by atoms with Crippen LogP contribution in [-0.2, 0) is 21.0 Å². The average molecular weight is 616 g/mol. The van der Waals surface area contributed by atoms with E-state index in [9.17, 15) is 31.5 Å². The molecule has 0 atom stereocenters. The third-order valence-corrected chi connectivity index (χ3v) is 7.71. The first-order chi connectivity index (χ1) is 17.4. The van der Waals surface area contributed by atoms with Crippen LogP contribution in [0.15, 0.2) is 86.3 Å². The van der Waals surface area contributed by atoms with E-state index in [1.807, 2.05) is 0 Å². The van der Waals surface area contributed by atoms with Crippen molar-refractivity contribution in [2.45, 2.75) is 11.1 Å². The van der Waals surface area contributed by atoms with Gasteiger partial charge in [0.15, 0.2) is 5.69 Å². The van der Waals surface area contributed by atoms with Gasteiger partial charge >= 0.3 is 6.18 Å². The summed E-state index contributed by atoms with van der Waals surface area (Å²) in [5, 5.41) is 17.5. The number of azo groups is 1. The summed E-state index contributed by atoms with van der Waals surface area (Å²) >= 11 is 9.38. The van der Waals surface area contributed by atoms with Gasteiger partial charge in [0, 0.05) is 9.86 Å². The van der Waals surface area contributed by atoms with Crippen molar-refractivity contribution in [2.75, 3.05) is 10.8 Å². The van der Waals surface area contributed by atoms with Gasteiger partial charge in [-0.05, 0) is 48.5 Å². The van der Waals surface area contributed by atoms with E-state index in [0.29, 0.717) is 31.8 Å². The van der Waals surface area contributed by atoms with E-state index in [1.54, 1.807) is 24.3 Å². The molecule has 3 aromatic carbocycles. The minimum absolute atomic E-state index is 0.0841. The third-order valence-electron chi connectivity index (χ3n) is 5.13. The van der Waals surface area contributed by atoms with Crippen molar-refractivity contribution in [3.63, 3.8) is 0 Å². The number of hydrogen-bond donors (Lipinski definition) is 2. The van der Waals surface area contributed by atoms with E-state index < -0.39 is 39.9 Å². The molecular formula is C23H15BrClF3N4O4S. The molecule has 0 aliphatic rings. The molecule has 0 unspecified atom stereocenters. The lowest BCUT2D eigenvalue weighted by Gasteiger charge is -2.24. The number of aromatic hydroxyl groups is 1. The Morgan fingerprint density at radius 3 is 2.46 bits per heavy atom. The van der Waals surface area contributed by atoms with Crippen LogP contribution in [0.25, 0.3) is 10.9 Å². The number of rotatable bonds is 6. The van der Waals surface area contributed by atoms with Crippen molar-refractivity contribution in [3.05, 3.63) is 81.8 Å². The number of hydrogen-bond acceptors (Lipinski definition) is 5. The second-order valence-corrected chi connectivity index (χ2v) is 10.8. The molecule has 0 fully saturated rings. The summed E-state index contributed by atoms with van der Waals surface area (Å²) in [6.45, 7) is -1.02. The van der Waals surface area contributed by atoms with Gasteiger partial charge in [-0.2, -0.15) is 13.2 Å². The molecule has 14 heteroatoms. The van der Waals surface area contributed by atoms with Gasteiger partial charge in [0.25, 0.3) is 15.9 Å². The molecule has 0 bridgehead atoms. The SMILES string of the molecule is O=C(CN(c1cc(C(F)(F)F)ccc1Cl)S(=O)(=O)c1ccccc1)N=Nc1c(O)[nH]c2ccc(Br)cc12. The molecule has 2 N–H and O–H groups in total. The van der Waals surface area contributed by atoms with E-state index in [1.165, 1.54) is 24.3 Å². The standard InChI is InChI=1S/C23H15BrClF3N4O4S/c24-14-7-9-18-16(11-14)21(22(34)29-18)31-30-20(33)12-32(37(35,36)15-4-2-1-3-5-15)19-10-13(23(26,27)28)6-8-17(19)25/h1-11,29,34H,12H2. The number of fused-ring (bicyclic) bond motifs is 1. The molecule has 37 heavy (non-hydrogen) atoms. The Morgan fingerprint density at radius 1 is 1.08 bits per heavy atom. The monoisotopic (exact) mass is 614 g/mol. The number of nitrogens with zero attached hydrogens (tertiary/aromatic N) is 3. The summed E-state index contributed by atoms with van der Waals surface area (Å²) in [5.74, 6) is -1.52. The predicted octanol–water partition coefficient (Wildman–Crippen LogP) is 6.81. The molecule has 4 rings (SSSR count). The van der Waals surface area contributed by atoms with Crippen LogP contribution in [0.2, 0.25) is 5.02 Å². The number of carbonyl (C=O) groups is 1. The number of aromatic amines is 1. The molecule has 0 aliphatic carbocycles. The minimum Gasteiger partial charge on any atom is -0.493 e. The fraction of sp³-hybridized carbons (Fsp3) is 0.0870. The van der Waals surface area contributed by atoms with Crippen molar-refractivity contribution < 1.29 is 31.5 Å². The van der Waals surface area contributed by atoms with E-state index in [0.717, 1.165) is 6.07 Å². The van der Waals surface area contributed by atoms with Gasteiger partial charge in [0.1, 0.15) is 6.54 Å². The molecule has 4 aromatic rings. The van der Waals surface area contributed by atoms with Crippen LogP contribution in [0.5, 0.6) is 5.88 Å². The lowest BCUT2D eigenvalue weighted by Crippen LogP contribution is -2.35. The molecule has 192 valence electrons. The Morgan fingerprint density at radius 2 is 1.78 bits per heavy atom. The highest BCUT2D eigenvalue weighted by Crippen LogP contribution is 2.38. The van der Waals surface area contributed by atoms with E-state index in [4.69, 9.17) is 11.6 Å². The number of benzene rings is 3. The number of aromatic nitrogens is 1. The molecule has 0 aliphatic heterocycles.